The number of ether oxygens (including phenoxy) is 1. The molecule has 0 amide bonds. The van der Waals surface area contributed by atoms with Gasteiger partial charge in [0, 0.05) is 0 Å². The van der Waals surface area contributed by atoms with Crippen molar-refractivity contribution in [3.05, 3.63) is 138 Å². The summed E-state index contributed by atoms with van der Waals surface area (Å²) in [4.78, 5) is 18.6. The molecule has 4 aromatic carbocycles. The van der Waals surface area contributed by atoms with Crippen molar-refractivity contribution in [3.8, 4) is 11.6 Å². The average Bonchev–Trinajstić information content (AvgIpc) is 3.24. The summed E-state index contributed by atoms with van der Waals surface area (Å²) in [6.07, 6.45) is -2.36. The lowest BCUT2D eigenvalue weighted by atomic mass is 9.98. The minimum absolute atomic E-state index is 0.138. The molecule has 0 saturated carbocycles. The Morgan fingerprint density at radius 3 is 2.23 bits per heavy atom. The molecule has 5 aromatic rings. The quantitative estimate of drug-likeness (QED) is 0.250. The van der Waals surface area contributed by atoms with Crippen molar-refractivity contribution in [2.45, 2.75) is 12.2 Å². The Morgan fingerprint density at radius 1 is 0.846 bits per heavy atom. The molecule has 0 saturated heterocycles. The van der Waals surface area contributed by atoms with Gasteiger partial charge < -0.3 is 9.57 Å². The van der Waals surface area contributed by atoms with Crippen LogP contribution in [0, 0.1) is 0 Å². The summed E-state index contributed by atoms with van der Waals surface area (Å²) in [6, 6.07) is 28.2. The van der Waals surface area contributed by atoms with E-state index in [-0.39, 0.29) is 17.0 Å². The lowest BCUT2D eigenvalue weighted by molar-refractivity contribution is -0.144. The number of rotatable bonds is 4. The van der Waals surface area contributed by atoms with Gasteiger partial charge in [-0.05, 0) is 40.6 Å². The summed E-state index contributed by atoms with van der Waals surface area (Å²) in [6.45, 7) is 0. The Hall–Kier alpha value is -5.05. The van der Waals surface area contributed by atoms with Gasteiger partial charge in [-0.1, -0.05) is 78.9 Å². The molecule has 194 valence electrons. The van der Waals surface area contributed by atoms with E-state index in [9.17, 15) is 18.0 Å². The summed E-state index contributed by atoms with van der Waals surface area (Å²) in [5.74, 6) is -0.874. The zero-order valence-corrected chi connectivity index (χ0v) is 20.2. The Balaban J connectivity index is 1.54. The first-order chi connectivity index (χ1) is 18.9. The lowest BCUT2D eigenvalue weighted by Gasteiger charge is -2.28. The van der Waals surface area contributed by atoms with Gasteiger partial charge in [0.25, 0.3) is 0 Å². The predicted molar refractivity (Wildman–Crippen MR) is 138 cm³/mol. The van der Waals surface area contributed by atoms with Crippen molar-refractivity contribution in [2.24, 2.45) is 0 Å². The molecule has 0 N–H and O–H groups in total. The molecular weight excluding hydrogens is 507 g/mol. The van der Waals surface area contributed by atoms with Gasteiger partial charge in [-0.25, -0.2) is 4.79 Å². The van der Waals surface area contributed by atoms with E-state index >= 15 is 0 Å². The molecular formula is C30H20F3N3O3. The van der Waals surface area contributed by atoms with Crippen molar-refractivity contribution in [3.63, 3.8) is 0 Å². The fourth-order valence-corrected chi connectivity index (χ4v) is 4.59. The summed E-state index contributed by atoms with van der Waals surface area (Å²) in [7, 11) is 0. The second kappa shape index (κ2) is 9.68. The molecule has 0 radical (unpaired) electrons. The van der Waals surface area contributed by atoms with Crippen molar-refractivity contribution >= 4 is 16.7 Å². The average molecular weight is 528 g/mol. The van der Waals surface area contributed by atoms with E-state index in [0.717, 1.165) is 20.5 Å². The van der Waals surface area contributed by atoms with Crippen molar-refractivity contribution in [1.82, 2.24) is 14.8 Å². The summed E-state index contributed by atoms with van der Waals surface area (Å²) in [5, 5.41) is 6.82. The summed E-state index contributed by atoms with van der Waals surface area (Å²) < 4.78 is 50.6. The second-order valence-corrected chi connectivity index (χ2v) is 8.83. The third-order valence-corrected chi connectivity index (χ3v) is 6.35. The number of benzene rings is 4. The van der Waals surface area contributed by atoms with E-state index in [1.54, 1.807) is 78.9 Å². The number of carbonyl (C=O) groups is 1. The molecule has 6 nitrogen and oxygen atoms in total. The molecule has 2 heterocycles. The number of alkyl halides is 3. The first kappa shape index (κ1) is 24.3. The second-order valence-electron chi connectivity index (χ2n) is 8.83. The normalized spacial score (nSPS) is 14.9. The number of carbonyl (C=O) groups excluding carboxylic acids is 1. The van der Waals surface area contributed by atoms with Crippen LogP contribution in [-0.4, -0.2) is 20.8 Å². The highest BCUT2D eigenvalue weighted by Crippen LogP contribution is 2.46. The molecule has 39 heavy (non-hydrogen) atoms. The molecule has 9 heteroatoms. The fourth-order valence-electron chi connectivity index (χ4n) is 4.59. The number of hydrogen-bond acceptors (Lipinski definition) is 5. The Bertz CT molecular complexity index is 1680. The van der Waals surface area contributed by atoms with Gasteiger partial charge in [0.1, 0.15) is 12.3 Å². The van der Waals surface area contributed by atoms with Gasteiger partial charge in [-0.2, -0.15) is 28.0 Å². The zero-order chi connectivity index (χ0) is 27.0. The number of fused-ring (bicyclic) bond motifs is 2. The zero-order valence-electron chi connectivity index (χ0n) is 20.2. The first-order valence-corrected chi connectivity index (χ1v) is 12.0. The van der Waals surface area contributed by atoms with E-state index in [2.05, 4.69) is 5.10 Å². The van der Waals surface area contributed by atoms with Gasteiger partial charge >= 0.3 is 12.1 Å². The Kier molecular flexibility index (Phi) is 6.03. The largest absolute Gasteiger partial charge is 0.445 e. The number of aromatic nitrogens is 2. The van der Waals surface area contributed by atoms with E-state index in [4.69, 9.17) is 9.57 Å². The lowest BCUT2D eigenvalue weighted by Crippen LogP contribution is -2.29. The van der Waals surface area contributed by atoms with E-state index in [1.165, 1.54) is 12.5 Å². The van der Waals surface area contributed by atoms with Gasteiger partial charge in [-0.15, -0.1) is 0 Å². The van der Waals surface area contributed by atoms with Gasteiger partial charge in [0.05, 0.1) is 23.0 Å². The van der Waals surface area contributed by atoms with Crippen molar-refractivity contribution in [2.75, 3.05) is 0 Å². The summed E-state index contributed by atoms with van der Waals surface area (Å²) in [5.41, 5.74) is -0.364. The van der Waals surface area contributed by atoms with Crippen LogP contribution in [0.1, 0.15) is 33.2 Å². The van der Waals surface area contributed by atoms with Crippen LogP contribution in [0.2, 0.25) is 0 Å². The van der Waals surface area contributed by atoms with Crippen LogP contribution in [-0.2, 0) is 11.0 Å². The predicted octanol–water partition coefficient (Wildman–Crippen LogP) is 7.07. The molecule has 0 bridgehead atoms. The SMILES string of the molecule is O=C(ON1C=COc2c(c(C(F)(F)F)nn2-c2ccc3ccccc3c2)C1c1ccccc1)c1ccccc1. The molecule has 1 aliphatic heterocycles. The minimum atomic E-state index is -4.83. The molecule has 1 atom stereocenters. The molecule has 1 unspecified atom stereocenters. The third-order valence-electron chi connectivity index (χ3n) is 6.35. The van der Waals surface area contributed by atoms with Crippen LogP contribution < -0.4 is 4.74 Å². The molecule has 0 spiro atoms. The van der Waals surface area contributed by atoms with Gasteiger partial charge in [0.15, 0.2) is 5.69 Å². The smallest absolute Gasteiger partial charge is 0.435 e. The number of hydrogen-bond donors (Lipinski definition) is 0. The van der Waals surface area contributed by atoms with Crippen LogP contribution in [0.4, 0.5) is 13.2 Å². The Morgan fingerprint density at radius 2 is 1.51 bits per heavy atom. The minimum Gasteiger partial charge on any atom is -0.445 e. The highest BCUT2D eigenvalue weighted by molar-refractivity contribution is 5.89. The van der Waals surface area contributed by atoms with Crippen LogP contribution in [0.25, 0.3) is 16.5 Å². The van der Waals surface area contributed by atoms with Gasteiger partial charge in [0.2, 0.25) is 5.88 Å². The first-order valence-electron chi connectivity index (χ1n) is 12.0. The molecule has 1 aliphatic rings. The van der Waals surface area contributed by atoms with Crippen molar-refractivity contribution < 1.29 is 27.5 Å². The Labute approximate surface area is 221 Å². The summed E-state index contributed by atoms with van der Waals surface area (Å²) >= 11 is 0. The maximum absolute atomic E-state index is 14.6. The topological polar surface area (TPSA) is 56.6 Å². The van der Waals surface area contributed by atoms with Gasteiger partial charge in [-0.3, -0.25) is 0 Å². The van der Waals surface area contributed by atoms with Crippen LogP contribution in [0.5, 0.6) is 5.88 Å². The highest BCUT2D eigenvalue weighted by atomic mass is 19.4. The van der Waals surface area contributed by atoms with E-state index in [0.29, 0.717) is 11.3 Å². The number of halogens is 3. The molecule has 0 aliphatic carbocycles. The molecule has 6 rings (SSSR count). The monoisotopic (exact) mass is 527 g/mol. The van der Waals surface area contributed by atoms with Crippen LogP contribution >= 0.6 is 0 Å². The van der Waals surface area contributed by atoms with Crippen molar-refractivity contribution in [1.29, 1.82) is 0 Å². The maximum Gasteiger partial charge on any atom is 0.435 e. The third kappa shape index (κ3) is 4.59. The maximum atomic E-state index is 14.6. The van der Waals surface area contributed by atoms with Crippen LogP contribution in [0.15, 0.2) is 116 Å². The van der Waals surface area contributed by atoms with E-state index < -0.39 is 23.9 Å². The highest BCUT2D eigenvalue weighted by Gasteiger charge is 2.45. The molecule has 0 fully saturated rings. The number of hydroxylamine groups is 2. The fraction of sp³-hybridized carbons (Fsp3) is 0.0667. The van der Waals surface area contributed by atoms with E-state index in [1.807, 2.05) is 24.3 Å². The van der Waals surface area contributed by atoms with Crippen LogP contribution in [0.3, 0.4) is 0 Å². The molecule has 1 aromatic heterocycles. The standard InChI is InChI=1S/C30H20F3N3O3/c31-30(32,33)27-25-26(21-10-3-1-4-11-21)35(39-29(37)22-12-5-2-6-13-22)17-18-38-28(25)36(34-27)24-16-15-20-9-7-8-14-23(20)19-24/h1-19,26H. The number of nitrogens with zero attached hydrogens (tertiary/aromatic N) is 3.